The second-order valence-electron chi connectivity index (χ2n) is 8.35. The number of hydrogen-bond donors (Lipinski definition) is 2. The molecule has 4 aromatic rings. The number of hydrogen-bond acceptors (Lipinski definition) is 7. The number of ether oxygens (including phenoxy) is 4. The highest BCUT2D eigenvalue weighted by Crippen LogP contribution is 2.39. The first kappa shape index (κ1) is 22.5. The van der Waals surface area contributed by atoms with Crippen molar-refractivity contribution in [1.82, 2.24) is 14.6 Å². The molecule has 0 aliphatic heterocycles. The van der Waals surface area contributed by atoms with Crippen molar-refractivity contribution in [2.75, 3.05) is 26.6 Å². The average Bonchev–Trinajstić information content (AvgIpc) is 3.62. The molecule has 0 amide bonds. The van der Waals surface area contributed by atoms with Gasteiger partial charge in [-0.05, 0) is 56.0 Å². The number of benzene rings is 2. The third-order valence-electron chi connectivity index (χ3n) is 6.26. The molecule has 2 aromatic carbocycles. The van der Waals surface area contributed by atoms with Gasteiger partial charge >= 0.3 is 0 Å². The van der Waals surface area contributed by atoms with E-state index in [1.54, 1.807) is 32.0 Å². The molecule has 0 atom stereocenters. The zero-order chi connectivity index (χ0) is 24.4. The Kier molecular flexibility index (Phi) is 6.10. The molecule has 1 saturated carbocycles. The van der Waals surface area contributed by atoms with Crippen molar-refractivity contribution in [2.45, 2.75) is 31.8 Å². The minimum atomic E-state index is 0.185. The average molecular weight is 474 g/mol. The molecule has 2 N–H and O–H groups in total. The van der Waals surface area contributed by atoms with E-state index < -0.39 is 0 Å². The third kappa shape index (κ3) is 4.19. The number of nitriles is 1. The summed E-state index contributed by atoms with van der Waals surface area (Å²) in [6, 6.07) is 13.5. The fourth-order valence-electron chi connectivity index (χ4n) is 4.47. The molecular weight excluding hydrogens is 446 g/mol. The van der Waals surface area contributed by atoms with E-state index in [0.29, 0.717) is 45.7 Å². The number of fused-ring (bicyclic) bond motifs is 1. The fraction of sp³-hybridized carbons (Fsp3) is 0.308. The molecule has 1 aliphatic carbocycles. The molecule has 180 valence electrons. The summed E-state index contributed by atoms with van der Waals surface area (Å²) in [5.74, 6) is 3.27. The van der Waals surface area contributed by atoms with Gasteiger partial charge in [-0.15, -0.1) is 0 Å². The first-order valence-electron chi connectivity index (χ1n) is 11.5. The highest BCUT2D eigenvalue weighted by Gasteiger charge is 2.22. The van der Waals surface area contributed by atoms with Gasteiger partial charge in [0.2, 0.25) is 0 Å². The van der Waals surface area contributed by atoms with Gasteiger partial charge in [-0.3, -0.25) is 5.10 Å². The van der Waals surface area contributed by atoms with Gasteiger partial charge < -0.3 is 24.3 Å². The lowest BCUT2D eigenvalue weighted by Crippen LogP contribution is -2.11. The second-order valence-corrected chi connectivity index (χ2v) is 8.35. The Morgan fingerprint density at radius 1 is 0.971 bits per heavy atom. The fourth-order valence-corrected chi connectivity index (χ4v) is 4.47. The number of H-pyrrole nitrogens is 1. The van der Waals surface area contributed by atoms with Gasteiger partial charge in [-0.1, -0.05) is 0 Å². The summed E-state index contributed by atoms with van der Waals surface area (Å²) in [5.41, 5.74) is 3.25. The summed E-state index contributed by atoms with van der Waals surface area (Å²) >= 11 is 0. The minimum absolute atomic E-state index is 0.185. The van der Waals surface area contributed by atoms with Crippen LogP contribution in [-0.2, 0) is 0 Å². The van der Waals surface area contributed by atoms with Gasteiger partial charge in [-0.25, -0.2) is 9.50 Å². The lowest BCUT2D eigenvalue weighted by molar-refractivity contribution is 0.201. The predicted molar refractivity (Wildman–Crippen MR) is 132 cm³/mol. The molecule has 9 nitrogen and oxygen atoms in total. The number of methoxy groups -OCH3 is 3. The first-order valence-corrected chi connectivity index (χ1v) is 11.5. The van der Waals surface area contributed by atoms with Crippen LogP contribution in [0.1, 0.15) is 31.2 Å². The van der Waals surface area contributed by atoms with E-state index in [1.807, 2.05) is 36.4 Å². The van der Waals surface area contributed by atoms with E-state index in [-0.39, 0.29) is 6.10 Å². The molecule has 0 bridgehead atoms. The summed E-state index contributed by atoms with van der Waals surface area (Å²) < 4.78 is 24.4. The maximum Gasteiger partial charge on any atom is 0.173 e. The number of nitrogens with zero attached hydrogens (tertiary/aromatic N) is 3. The summed E-state index contributed by atoms with van der Waals surface area (Å²) in [6.45, 7) is 0. The van der Waals surface area contributed by atoms with Crippen molar-refractivity contribution in [2.24, 2.45) is 0 Å². The van der Waals surface area contributed by atoms with Crippen LogP contribution >= 0.6 is 0 Å². The molecule has 35 heavy (non-hydrogen) atoms. The standard InChI is InChI=1S/C26H27N5O4/c1-32-20-11-9-18(13-22(20)34-3)29-26-24(30-25-17(14-27)15-28-31(25)26)16-8-10-21(33-2)23(12-16)35-19-6-4-5-7-19/h8-13,15,19,28-29H,4-7H2,1-3H3. The van der Waals surface area contributed by atoms with Crippen LogP contribution in [0.4, 0.5) is 11.5 Å². The molecule has 0 unspecified atom stereocenters. The number of aromatic amines is 1. The minimum Gasteiger partial charge on any atom is -0.493 e. The zero-order valence-corrected chi connectivity index (χ0v) is 19.9. The van der Waals surface area contributed by atoms with Crippen LogP contribution in [0.2, 0.25) is 0 Å². The van der Waals surface area contributed by atoms with E-state index >= 15 is 0 Å². The summed E-state index contributed by atoms with van der Waals surface area (Å²) in [7, 11) is 4.83. The van der Waals surface area contributed by atoms with Crippen LogP contribution in [0.3, 0.4) is 0 Å². The molecule has 1 fully saturated rings. The van der Waals surface area contributed by atoms with Crippen LogP contribution in [0.5, 0.6) is 23.0 Å². The van der Waals surface area contributed by atoms with E-state index in [0.717, 1.165) is 24.1 Å². The highest BCUT2D eigenvalue weighted by atomic mass is 16.5. The third-order valence-corrected chi connectivity index (χ3v) is 6.26. The molecule has 0 spiro atoms. The van der Waals surface area contributed by atoms with Crippen LogP contribution in [-0.4, -0.2) is 42.0 Å². The molecule has 1 aliphatic rings. The monoisotopic (exact) mass is 473 g/mol. The first-order chi connectivity index (χ1) is 17.1. The van der Waals surface area contributed by atoms with Crippen LogP contribution in [0, 0.1) is 11.3 Å². The quantitative estimate of drug-likeness (QED) is 0.358. The summed E-state index contributed by atoms with van der Waals surface area (Å²) in [5, 5.41) is 16.1. The Morgan fingerprint density at radius 3 is 2.40 bits per heavy atom. The van der Waals surface area contributed by atoms with Crippen molar-refractivity contribution in [3.63, 3.8) is 0 Å². The van der Waals surface area contributed by atoms with Gasteiger partial charge in [-0.2, -0.15) is 5.26 Å². The maximum absolute atomic E-state index is 9.57. The van der Waals surface area contributed by atoms with Crippen LogP contribution in [0.25, 0.3) is 16.9 Å². The van der Waals surface area contributed by atoms with Crippen LogP contribution in [0.15, 0.2) is 42.6 Å². The highest BCUT2D eigenvalue weighted by molar-refractivity contribution is 5.82. The molecule has 2 heterocycles. The number of imidazole rings is 1. The molecule has 0 radical (unpaired) electrons. The Morgan fingerprint density at radius 2 is 1.69 bits per heavy atom. The SMILES string of the molecule is COc1ccc(Nc2c(-c3ccc(OC)c(OC4CCCC4)c3)nc3c(C#N)c[nH]n23)cc1OC. The van der Waals surface area contributed by atoms with E-state index in [4.69, 9.17) is 23.9 Å². The molecule has 2 aromatic heterocycles. The van der Waals surface area contributed by atoms with E-state index in [1.165, 1.54) is 12.8 Å². The van der Waals surface area contributed by atoms with Gasteiger partial charge in [0.15, 0.2) is 34.5 Å². The van der Waals surface area contributed by atoms with Gasteiger partial charge in [0.25, 0.3) is 0 Å². The molecule has 0 saturated heterocycles. The largest absolute Gasteiger partial charge is 0.493 e. The lowest BCUT2D eigenvalue weighted by atomic mass is 10.1. The van der Waals surface area contributed by atoms with E-state index in [2.05, 4.69) is 16.5 Å². The Labute approximate surface area is 203 Å². The van der Waals surface area contributed by atoms with Crippen molar-refractivity contribution in [3.8, 4) is 40.3 Å². The maximum atomic E-state index is 9.57. The van der Waals surface area contributed by atoms with Crippen molar-refractivity contribution in [3.05, 3.63) is 48.2 Å². The Balaban J connectivity index is 1.60. The number of anilines is 2. The number of rotatable bonds is 8. The molecule has 9 heteroatoms. The number of aromatic nitrogens is 3. The Hall–Kier alpha value is -4.32. The van der Waals surface area contributed by atoms with Gasteiger partial charge in [0.05, 0.1) is 27.4 Å². The van der Waals surface area contributed by atoms with Gasteiger partial charge in [0.1, 0.15) is 17.3 Å². The second kappa shape index (κ2) is 9.50. The van der Waals surface area contributed by atoms with Gasteiger partial charge in [0, 0.05) is 23.5 Å². The van der Waals surface area contributed by atoms with Crippen molar-refractivity contribution >= 4 is 17.2 Å². The smallest absolute Gasteiger partial charge is 0.173 e. The molecular formula is C26H27N5O4. The lowest BCUT2D eigenvalue weighted by Gasteiger charge is -2.17. The number of nitrogens with one attached hydrogen (secondary N) is 2. The zero-order valence-electron chi connectivity index (χ0n) is 19.9. The summed E-state index contributed by atoms with van der Waals surface area (Å²) in [4.78, 5) is 4.81. The predicted octanol–water partition coefficient (Wildman–Crippen LogP) is 5.29. The van der Waals surface area contributed by atoms with E-state index in [9.17, 15) is 5.26 Å². The molecule has 5 rings (SSSR count). The van der Waals surface area contributed by atoms with Crippen molar-refractivity contribution < 1.29 is 18.9 Å². The van der Waals surface area contributed by atoms with Crippen LogP contribution < -0.4 is 24.3 Å². The summed E-state index contributed by atoms with van der Waals surface area (Å²) in [6.07, 6.45) is 6.25. The topological polar surface area (TPSA) is 106 Å². The normalized spacial score (nSPS) is 13.5. The van der Waals surface area contributed by atoms with Crippen molar-refractivity contribution in [1.29, 1.82) is 5.26 Å². The Bertz CT molecular complexity index is 1390.